The van der Waals surface area contributed by atoms with Gasteiger partial charge in [0.2, 0.25) is 0 Å². The van der Waals surface area contributed by atoms with E-state index in [9.17, 15) is 18.4 Å². The van der Waals surface area contributed by atoms with Gasteiger partial charge in [-0.25, -0.2) is 13.2 Å². The van der Waals surface area contributed by atoms with Gasteiger partial charge in [0, 0.05) is 0 Å². The van der Waals surface area contributed by atoms with Crippen molar-refractivity contribution in [3.05, 3.63) is 35.5 Å². The van der Waals surface area contributed by atoms with Crippen molar-refractivity contribution in [1.29, 1.82) is 0 Å². The quantitative estimate of drug-likeness (QED) is 0.748. The second-order valence-corrected chi connectivity index (χ2v) is 4.50. The molecule has 0 aliphatic carbocycles. The maximum atomic E-state index is 11.6. The number of carbonyl (C=O) groups excluding carboxylic acids is 1. The van der Waals surface area contributed by atoms with Crippen LogP contribution in [-0.2, 0) is 14.8 Å². The van der Waals surface area contributed by atoms with Gasteiger partial charge in [0.05, 0.1) is 11.5 Å². The van der Waals surface area contributed by atoms with Crippen molar-refractivity contribution in [3.63, 3.8) is 0 Å². The number of benzene rings is 1. The molecule has 0 atom stereocenters. The molecule has 0 fully saturated rings. The van der Waals surface area contributed by atoms with E-state index in [1.54, 1.807) is 6.07 Å². The first kappa shape index (κ1) is 12.5. The lowest BCUT2D eigenvalue weighted by Gasteiger charge is -2.25. The monoisotopic (exact) mass is 244 g/mol. The molecule has 0 saturated carbocycles. The summed E-state index contributed by atoms with van der Waals surface area (Å²) < 4.78 is 26.8. The summed E-state index contributed by atoms with van der Waals surface area (Å²) in [6, 6.07) is 6.94. The fourth-order valence-electron chi connectivity index (χ4n) is 0.963. The third-order valence-corrected chi connectivity index (χ3v) is 3.13. The standard InChI is InChI=1S/C9H10NO5S/c1-2-15-9(11)10(12)16(13,14)8-6-4-3-5-7-8/h3-7H,2H2,1H3/q-1. The number of rotatable bonds is 3. The highest BCUT2D eigenvalue weighted by atomic mass is 32.2. The molecule has 16 heavy (non-hydrogen) atoms. The van der Waals surface area contributed by atoms with Crippen LogP contribution in [0.2, 0.25) is 0 Å². The van der Waals surface area contributed by atoms with Crippen LogP contribution in [0.5, 0.6) is 0 Å². The first-order valence-electron chi connectivity index (χ1n) is 4.44. The summed E-state index contributed by atoms with van der Waals surface area (Å²) in [5.74, 6) is 0. The van der Waals surface area contributed by atoms with E-state index in [-0.39, 0.29) is 11.5 Å². The average Bonchev–Trinajstić information content (AvgIpc) is 2.29. The Labute approximate surface area is 93.1 Å². The Morgan fingerprint density at radius 1 is 1.38 bits per heavy atom. The molecular weight excluding hydrogens is 234 g/mol. The van der Waals surface area contributed by atoms with Gasteiger partial charge in [-0.2, -0.15) is 0 Å². The van der Waals surface area contributed by atoms with Crippen LogP contribution in [0, 0.1) is 5.21 Å². The SMILES string of the molecule is CCOC(=O)N([O-])S(=O)(=O)c1ccccc1. The lowest BCUT2D eigenvalue weighted by atomic mass is 10.4. The molecule has 0 heterocycles. The van der Waals surface area contributed by atoms with Gasteiger partial charge in [-0.1, -0.05) is 18.2 Å². The van der Waals surface area contributed by atoms with Gasteiger partial charge in [-0.15, -0.1) is 0 Å². The van der Waals surface area contributed by atoms with Gasteiger partial charge < -0.3 is 9.94 Å². The number of hydrogen-bond donors (Lipinski definition) is 0. The van der Waals surface area contributed by atoms with E-state index in [1.165, 1.54) is 31.2 Å². The smallest absolute Gasteiger partial charge is 0.413 e. The van der Waals surface area contributed by atoms with Gasteiger partial charge in [-0.05, 0) is 19.1 Å². The molecule has 1 amide bonds. The molecule has 6 nitrogen and oxygen atoms in total. The first-order valence-corrected chi connectivity index (χ1v) is 5.88. The minimum Gasteiger partial charge on any atom is -0.740 e. The van der Waals surface area contributed by atoms with Crippen LogP contribution in [0.3, 0.4) is 0 Å². The zero-order chi connectivity index (χ0) is 12.2. The molecule has 1 aromatic carbocycles. The van der Waals surface area contributed by atoms with Crippen LogP contribution >= 0.6 is 0 Å². The van der Waals surface area contributed by atoms with Crippen LogP contribution in [-0.4, -0.2) is 25.6 Å². The average molecular weight is 244 g/mol. The Kier molecular flexibility index (Phi) is 3.86. The molecule has 0 N–H and O–H groups in total. The highest BCUT2D eigenvalue weighted by Crippen LogP contribution is 2.14. The molecule has 88 valence electrons. The Morgan fingerprint density at radius 3 is 2.44 bits per heavy atom. The molecule has 1 rings (SSSR count). The minimum atomic E-state index is -4.36. The van der Waals surface area contributed by atoms with E-state index in [0.29, 0.717) is 0 Å². The first-order chi connectivity index (χ1) is 7.50. The maximum absolute atomic E-state index is 11.6. The lowest BCUT2D eigenvalue weighted by Crippen LogP contribution is -2.32. The highest BCUT2D eigenvalue weighted by Gasteiger charge is 2.21. The number of carbonyl (C=O) groups is 1. The Balaban J connectivity index is 2.99. The molecule has 0 unspecified atom stereocenters. The summed E-state index contributed by atoms with van der Waals surface area (Å²) in [5, 5.41) is 11.2. The van der Waals surface area contributed by atoms with E-state index in [2.05, 4.69) is 4.74 Å². The highest BCUT2D eigenvalue weighted by molar-refractivity contribution is 7.89. The zero-order valence-electron chi connectivity index (χ0n) is 8.49. The summed E-state index contributed by atoms with van der Waals surface area (Å²) in [7, 11) is -4.36. The normalized spacial score (nSPS) is 10.9. The minimum absolute atomic E-state index is 0.0676. The maximum Gasteiger partial charge on any atom is 0.413 e. The topological polar surface area (TPSA) is 86.7 Å². The molecule has 0 radical (unpaired) electrons. The number of hydroxylamine groups is 1. The predicted octanol–water partition coefficient (Wildman–Crippen LogP) is 1.33. The van der Waals surface area contributed by atoms with E-state index < -0.39 is 20.6 Å². The summed E-state index contributed by atoms with van der Waals surface area (Å²) in [6.07, 6.45) is -1.44. The van der Waals surface area contributed by atoms with Crippen LogP contribution in [0.4, 0.5) is 4.79 Å². The number of amides is 1. The molecule has 1 aromatic rings. The molecule has 0 aliphatic rings. The van der Waals surface area contributed by atoms with Gasteiger partial charge >= 0.3 is 6.09 Å². The van der Waals surface area contributed by atoms with E-state index in [4.69, 9.17) is 0 Å². The van der Waals surface area contributed by atoms with Gasteiger partial charge in [-0.3, -0.25) is 4.47 Å². The molecule has 0 bridgehead atoms. The van der Waals surface area contributed by atoms with E-state index in [0.717, 1.165) is 0 Å². The third-order valence-electron chi connectivity index (χ3n) is 1.68. The zero-order valence-corrected chi connectivity index (χ0v) is 9.31. The summed E-state index contributed by atoms with van der Waals surface area (Å²) in [4.78, 5) is 10.7. The molecule has 0 aliphatic heterocycles. The largest absolute Gasteiger partial charge is 0.740 e. The summed E-state index contributed by atoms with van der Waals surface area (Å²) >= 11 is 0. The van der Waals surface area contributed by atoms with Gasteiger partial charge in [0.1, 0.15) is 0 Å². The van der Waals surface area contributed by atoms with Crippen molar-refractivity contribution in [1.82, 2.24) is 4.47 Å². The fourth-order valence-corrected chi connectivity index (χ4v) is 1.90. The lowest BCUT2D eigenvalue weighted by molar-refractivity contribution is 0.140. The molecule has 0 aromatic heterocycles. The second-order valence-electron chi connectivity index (χ2n) is 2.74. The van der Waals surface area contributed by atoms with Crippen molar-refractivity contribution < 1.29 is 17.9 Å². The summed E-state index contributed by atoms with van der Waals surface area (Å²) in [6.45, 7) is 1.41. The van der Waals surface area contributed by atoms with Crippen LogP contribution in [0.15, 0.2) is 35.2 Å². The predicted molar refractivity (Wildman–Crippen MR) is 55.9 cm³/mol. The number of sulfonamides is 1. The van der Waals surface area contributed by atoms with Crippen molar-refractivity contribution in [2.45, 2.75) is 11.8 Å². The molecular formula is C9H10NO5S-. The van der Waals surface area contributed by atoms with Crippen LogP contribution < -0.4 is 0 Å². The van der Waals surface area contributed by atoms with Crippen molar-refractivity contribution in [3.8, 4) is 0 Å². The van der Waals surface area contributed by atoms with Crippen molar-refractivity contribution in [2.75, 3.05) is 6.61 Å². The van der Waals surface area contributed by atoms with Crippen LogP contribution in [0.25, 0.3) is 0 Å². The van der Waals surface area contributed by atoms with Crippen molar-refractivity contribution in [2.24, 2.45) is 0 Å². The van der Waals surface area contributed by atoms with E-state index in [1.807, 2.05) is 0 Å². The number of hydrogen-bond acceptors (Lipinski definition) is 5. The number of ether oxygens (including phenoxy) is 1. The summed E-state index contributed by atoms with van der Waals surface area (Å²) in [5.41, 5.74) is 0. The van der Waals surface area contributed by atoms with E-state index >= 15 is 0 Å². The molecule has 0 spiro atoms. The Hall–Kier alpha value is -1.60. The van der Waals surface area contributed by atoms with Crippen molar-refractivity contribution >= 4 is 16.1 Å². The van der Waals surface area contributed by atoms with Gasteiger partial charge in [0.15, 0.2) is 0 Å². The second kappa shape index (κ2) is 4.95. The number of nitrogens with zero attached hydrogens (tertiary/aromatic N) is 1. The van der Waals surface area contributed by atoms with Gasteiger partial charge in [0.25, 0.3) is 10.0 Å². The molecule has 7 heteroatoms. The molecule has 0 saturated heterocycles. The third kappa shape index (κ3) is 2.50. The Morgan fingerprint density at radius 2 is 1.94 bits per heavy atom. The van der Waals surface area contributed by atoms with Crippen LogP contribution in [0.1, 0.15) is 6.92 Å². The fraction of sp³-hybridized carbons (Fsp3) is 0.222. The Bertz CT molecular complexity index is 456.